The molecule has 1 nitrogen and oxygen atoms in total. The third-order valence-corrected chi connectivity index (χ3v) is 1.35. The maximum Gasteiger partial charge on any atom is 0.115 e. The molecule has 0 aromatic rings. The summed E-state index contributed by atoms with van der Waals surface area (Å²) in [5.74, 6) is 0.854. The van der Waals surface area contributed by atoms with Crippen LogP contribution in [0.4, 0.5) is 0 Å². The molecule has 0 saturated carbocycles. The summed E-state index contributed by atoms with van der Waals surface area (Å²) in [6, 6.07) is 0. The van der Waals surface area contributed by atoms with E-state index in [1.807, 2.05) is 6.92 Å². The van der Waals surface area contributed by atoms with Gasteiger partial charge in [-0.25, -0.2) is 0 Å². The summed E-state index contributed by atoms with van der Waals surface area (Å²) in [7, 11) is 0. The third-order valence-electron chi connectivity index (χ3n) is 1.35. The van der Waals surface area contributed by atoms with E-state index in [-0.39, 0.29) is 0 Å². The fourth-order valence-corrected chi connectivity index (χ4v) is 0.822. The highest BCUT2D eigenvalue weighted by Crippen LogP contribution is 2.20. The normalized spacial score (nSPS) is 24.1. The lowest BCUT2D eigenvalue weighted by Crippen LogP contribution is -1.74. The zero-order valence-electron chi connectivity index (χ0n) is 5.11. The van der Waals surface area contributed by atoms with E-state index in [1.165, 1.54) is 5.57 Å². The molecule has 0 aromatic carbocycles. The summed E-state index contributed by atoms with van der Waals surface area (Å²) in [5, 5.41) is 0. The molecule has 1 fully saturated rings. The van der Waals surface area contributed by atoms with Crippen molar-refractivity contribution in [1.82, 2.24) is 0 Å². The van der Waals surface area contributed by atoms with E-state index in [0.717, 1.165) is 18.8 Å². The highest BCUT2D eigenvalue weighted by Gasteiger charge is 2.09. The quantitative estimate of drug-likeness (QED) is 0.462. The lowest BCUT2D eigenvalue weighted by atomic mass is 10.2. The highest BCUT2D eigenvalue weighted by molar-refractivity contribution is 5.25. The molecule has 0 bridgehead atoms. The Morgan fingerprint density at radius 2 is 2.50 bits per heavy atom. The molecule has 0 aliphatic carbocycles. The minimum Gasteiger partial charge on any atom is -0.494 e. The minimum atomic E-state index is 0.818. The number of allylic oxidation sites excluding steroid dienone is 2. The van der Waals surface area contributed by atoms with Gasteiger partial charge in [-0.3, -0.25) is 0 Å². The van der Waals surface area contributed by atoms with Crippen LogP contribution in [0.15, 0.2) is 24.0 Å². The molecule has 0 aromatic heterocycles. The molecule has 1 aliphatic rings. The van der Waals surface area contributed by atoms with Gasteiger partial charge in [0.25, 0.3) is 0 Å². The lowest BCUT2D eigenvalue weighted by Gasteiger charge is -1.92. The molecule has 1 heterocycles. The smallest absolute Gasteiger partial charge is 0.115 e. The maximum atomic E-state index is 5.09. The van der Waals surface area contributed by atoms with Crippen molar-refractivity contribution < 1.29 is 4.74 Å². The fourth-order valence-electron chi connectivity index (χ4n) is 0.822. The van der Waals surface area contributed by atoms with Crippen molar-refractivity contribution >= 4 is 0 Å². The Morgan fingerprint density at radius 1 is 1.75 bits per heavy atom. The van der Waals surface area contributed by atoms with Gasteiger partial charge in [-0.05, 0) is 12.5 Å². The van der Waals surface area contributed by atoms with Gasteiger partial charge in [-0.15, -0.1) is 0 Å². The van der Waals surface area contributed by atoms with Crippen molar-refractivity contribution in [2.75, 3.05) is 6.61 Å². The van der Waals surface area contributed by atoms with Gasteiger partial charge < -0.3 is 4.74 Å². The van der Waals surface area contributed by atoms with Gasteiger partial charge in [0.2, 0.25) is 0 Å². The van der Waals surface area contributed by atoms with Gasteiger partial charge >= 0.3 is 0 Å². The van der Waals surface area contributed by atoms with Crippen molar-refractivity contribution in [2.24, 2.45) is 0 Å². The third kappa shape index (κ3) is 0.760. The Kier molecular flexibility index (Phi) is 1.38. The monoisotopic (exact) mass is 110 g/mol. The molecule has 1 rings (SSSR count). The summed E-state index contributed by atoms with van der Waals surface area (Å²) >= 11 is 0. The van der Waals surface area contributed by atoms with Crippen molar-refractivity contribution in [2.45, 2.75) is 13.3 Å². The molecule has 0 amide bonds. The van der Waals surface area contributed by atoms with E-state index >= 15 is 0 Å². The van der Waals surface area contributed by atoms with Crippen LogP contribution in [0.5, 0.6) is 0 Å². The first kappa shape index (κ1) is 5.42. The van der Waals surface area contributed by atoms with Crippen molar-refractivity contribution in [3.05, 3.63) is 24.0 Å². The maximum absolute atomic E-state index is 5.09. The second-order valence-corrected chi connectivity index (χ2v) is 1.84. The van der Waals surface area contributed by atoms with E-state index in [1.54, 1.807) is 0 Å². The first-order valence-electron chi connectivity index (χ1n) is 2.82. The molecule has 1 aliphatic heterocycles. The van der Waals surface area contributed by atoms with Crippen LogP contribution in [-0.2, 0) is 4.74 Å². The summed E-state index contributed by atoms with van der Waals surface area (Å²) < 4.78 is 5.09. The van der Waals surface area contributed by atoms with E-state index in [4.69, 9.17) is 4.74 Å². The largest absolute Gasteiger partial charge is 0.494 e. The Balaban J connectivity index is 2.69. The predicted molar refractivity (Wildman–Crippen MR) is 33.5 cm³/mol. The van der Waals surface area contributed by atoms with E-state index in [0.29, 0.717) is 0 Å². The summed E-state index contributed by atoms with van der Waals surface area (Å²) in [6.07, 6.45) is 3.09. The standard InChI is InChI=1S/C7H10O/c1-3-7-4-5-8-6(7)2/h3H,2,4-5H2,1H3/b7-3-. The molecule has 8 heavy (non-hydrogen) atoms. The Hall–Kier alpha value is -0.720. The van der Waals surface area contributed by atoms with Crippen molar-refractivity contribution in [1.29, 1.82) is 0 Å². The summed E-state index contributed by atoms with van der Waals surface area (Å²) in [4.78, 5) is 0. The van der Waals surface area contributed by atoms with Crippen LogP contribution in [0.25, 0.3) is 0 Å². The van der Waals surface area contributed by atoms with Gasteiger partial charge in [-0.2, -0.15) is 0 Å². The topological polar surface area (TPSA) is 9.23 Å². The number of hydrogen-bond donors (Lipinski definition) is 0. The summed E-state index contributed by atoms with van der Waals surface area (Å²) in [6.45, 7) is 6.54. The second kappa shape index (κ2) is 2.03. The van der Waals surface area contributed by atoms with Crippen LogP contribution in [0.2, 0.25) is 0 Å². The molecule has 1 heteroatoms. The zero-order chi connectivity index (χ0) is 5.98. The van der Waals surface area contributed by atoms with Gasteiger partial charge in [-0.1, -0.05) is 12.7 Å². The molecule has 0 atom stereocenters. The number of rotatable bonds is 0. The predicted octanol–water partition coefficient (Wildman–Crippen LogP) is 1.87. The SMILES string of the molecule is C=C1OCC/C1=C/C. The molecule has 44 valence electrons. The van der Waals surface area contributed by atoms with Crippen LogP contribution >= 0.6 is 0 Å². The van der Waals surface area contributed by atoms with E-state index in [2.05, 4.69) is 12.7 Å². The van der Waals surface area contributed by atoms with Gasteiger partial charge in [0.05, 0.1) is 6.61 Å². The zero-order valence-corrected chi connectivity index (χ0v) is 5.11. The van der Waals surface area contributed by atoms with Crippen LogP contribution in [0, 0.1) is 0 Å². The fraction of sp³-hybridized carbons (Fsp3) is 0.429. The summed E-state index contributed by atoms with van der Waals surface area (Å²) in [5.41, 5.74) is 1.25. The second-order valence-electron chi connectivity index (χ2n) is 1.84. The highest BCUT2D eigenvalue weighted by atomic mass is 16.5. The van der Waals surface area contributed by atoms with Gasteiger partial charge in [0.15, 0.2) is 0 Å². The van der Waals surface area contributed by atoms with E-state index in [9.17, 15) is 0 Å². The molecular formula is C7H10O. The van der Waals surface area contributed by atoms with Crippen LogP contribution < -0.4 is 0 Å². The van der Waals surface area contributed by atoms with Crippen molar-refractivity contribution in [3.63, 3.8) is 0 Å². The van der Waals surface area contributed by atoms with Gasteiger partial charge in [0, 0.05) is 6.42 Å². The first-order chi connectivity index (χ1) is 3.84. The van der Waals surface area contributed by atoms with Crippen LogP contribution in [0.1, 0.15) is 13.3 Å². The molecular weight excluding hydrogens is 100 g/mol. The molecule has 0 unspecified atom stereocenters. The molecule has 1 saturated heterocycles. The Labute approximate surface area is 49.7 Å². The molecule has 0 N–H and O–H groups in total. The number of hydrogen-bond acceptors (Lipinski definition) is 1. The Bertz CT molecular complexity index is 133. The van der Waals surface area contributed by atoms with Gasteiger partial charge in [0.1, 0.15) is 5.76 Å². The average Bonchev–Trinajstić information content (AvgIpc) is 2.14. The lowest BCUT2D eigenvalue weighted by molar-refractivity contribution is 0.267. The van der Waals surface area contributed by atoms with E-state index < -0.39 is 0 Å². The Morgan fingerprint density at radius 3 is 2.75 bits per heavy atom. The molecule has 0 spiro atoms. The average molecular weight is 110 g/mol. The molecule has 0 radical (unpaired) electrons. The van der Waals surface area contributed by atoms with Crippen LogP contribution in [0.3, 0.4) is 0 Å². The number of ether oxygens (including phenoxy) is 1. The minimum absolute atomic E-state index is 0.818. The van der Waals surface area contributed by atoms with Crippen LogP contribution in [-0.4, -0.2) is 6.61 Å². The first-order valence-corrected chi connectivity index (χ1v) is 2.82. The van der Waals surface area contributed by atoms with Crippen molar-refractivity contribution in [3.8, 4) is 0 Å².